The minimum atomic E-state index is 0.117. The van der Waals surface area contributed by atoms with Gasteiger partial charge in [0, 0.05) is 23.6 Å². The van der Waals surface area contributed by atoms with Gasteiger partial charge in [-0.15, -0.1) is 0 Å². The molecule has 3 nitrogen and oxygen atoms in total. The first-order valence-corrected chi connectivity index (χ1v) is 15.3. The van der Waals surface area contributed by atoms with Gasteiger partial charge in [0.2, 0.25) is 6.71 Å². The van der Waals surface area contributed by atoms with Gasteiger partial charge in [-0.25, -0.2) is 4.98 Å². The van der Waals surface area contributed by atoms with Gasteiger partial charge in [-0.2, -0.15) is 0 Å². The number of aryl methyl sites for hydroxylation is 6. The molecule has 0 fully saturated rings. The first kappa shape index (κ1) is 29.1. The molecule has 44 heavy (non-hydrogen) atoms. The second-order valence-electron chi connectivity index (χ2n) is 11.9. The molecule has 0 spiro atoms. The van der Waals surface area contributed by atoms with Gasteiger partial charge < -0.3 is 0 Å². The van der Waals surface area contributed by atoms with E-state index in [1.54, 1.807) is 12.4 Å². The van der Waals surface area contributed by atoms with Crippen molar-refractivity contribution in [1.82, 2.24) is 9.97 Å². The number of anilines is 3. The SMILES string of the molecule is Cc1cc(C)c(B(c2ccc(N(c3cnccn3)c3ccccc3-c3ccccc3)cc2)c2c(C)cc(C)cc2C)c(C)c1. The molecule has 0 atom stereocenters. The zero-order valence-electron chi connectivity index (χ0n) is 26.5. The summed E-state index contributed by atoms with van der Waals surface area (Å²) in [5, 5.41) is 0. The number of nitrogens with zero attached hydrogens (tertiary/aromatic N) is 3. The van der Waals surface area contributed by atoms with Crippen LogP contribution in [0.15, 0.2) is 122 Å². The van der Waals surface area contributed by atoms with E-state index in [1.165, 1.54) is 49.8 Å². The van der Waals surface area contributed by atoms with Crippen molar-refractivity contribution in [3.8, 4) is 11.1 Å². The molecule has 0 saturated carbocycles. The lowest BCUT2D eigenvalue weighted by Gasteiger charge is -2.28. The van der Waals surface area contributed by atoms with Crippen molar-refractivity contribution < 1.29 is 0 Å². The highest BCUT2D eigenvalue weighted by atomic mass is 15.2. The summed E-state index contributed by atoms with van der Waals surface area (Å²) in [4.78, 5) is 11.4. The summed E-state index contributed by atoms with van der Waals surface area (Å²) in [6.07, 6.45) is 5.30. The Hall–Kier alpha value is -4.96. The molecule has 1 aromatic heterocycles. The summed E-state index contributed by atoms with van der Waals surface area (Å²) in [5.41, 5.74) is 16.3. The summed E-state index contributed by atoms with van der Waals surface area (Å²) >= 11 is 0. The molecular formula is C40H38BN3. The molecular weight excluding hydrogens is 533 g/mol. The minimum absolute atomic E-state index is 0.117. The van der Waals surface area contributed by atoms with Gasteiger partial charge in [-0.05, 0) is 65.3 Å². The number of para-hydroxylation sites is 1. The van der Waals surface area contributed by atoms with Crippen molar-refractivity contribution in [2.24, 2.45) is 0 Å². The van der Waals surface area contributed by atoms with E-state index in [1.807, 2.05) is 6.20 Å². The molecule has 216 valence electrons. The molecule has 0 amide bonds. The highest BCUT2D eigenvalue weighted by molar-refractivity contribution is 6.96. The lowest BCUT2D eigenvalue weighted by molar-refractivity contribution is 1.13. The van der Waals surface area contributed by atoms with E-state index in [4.69, 9.17) is 4.98 Å². The lowest BCUT2D eigenvalue weighted by atomic mass is 9.34. The fourth-order valence-corrected chi connectivity index (χ4v) is 6.92. The summed E-state index contributed by atoms with van der Waals surface area (Å²) in [5.74, 6) is 0.774. The molecule has 1 heterocycles. The number of hydrogen-bond acceptors (Lipinski definition) is 3. The van der Waals surface area contributed by atoms with Gasteiger partial charge in [0.05, 0.1) is 11.9 Å². The predicted molar refractivity (Wildman–Crippen MR) is 188 cm³/mol. The van der Waals surface area contributed by atoms with Gasteiger partial charge in [0.15, 0.2) is 5.82 Å². The van der Waals surface area contributed by atoms with Crippen molar-refractivity contribution >= 4 is 40.3 Å². The number of aromatic nitrogens is 2. The summed E-state index contributed by atoms with van der Waals surface area (Å²) in [7, 11) is 0. The van der Waals surface area contributed by atoms with Gasteiger partial charge in [0.1, 0.15) is 0 Å². The third-order valence-corrected chi connectivity index (χ3v) is 8.55. The third-order valence-electron chi connectivity index (χ3n) is 8.55. The first-order chi connectivity index (χ1) is 21.3. The van der Waals surface area contributed by atoms with Crippen molar-refractivity contribution in [2.75, 3.05) is 4.90 Å². The van der Waals surface area contributed by atoms with E-state index in [0.29, 0.717) is 0 Å². The van der Waals surface area contributed by atoms with E-state index in [9.17, 15) is 0 Å². The Balaban J connectivity index is 1.53. The van der Waals surface area contributed by atoms with Gasteiger partial charge in [-0.1, -0.05) is 135 Å². The fraction of sp³-hybridized carbons (Fsp3) is 0.150. The van der Waals surface area contributed by atoms with E-state index in [0.717, 1.165) is 28.3 Å². The Morgan fingerprint density at radius 1 is 0.568 bits per heavy atom. The molecule has 0 bridgehead atoms. The van der Waals surface area contributed by atoms with E-state index >= 15 is 0 Å². The van der Waals surface area contributed by atoms with Gasteiger partial charge in [0.25, 0.3) is 0 Å². The van der Waals surface area contributed by atoms with Crippen molar-refractivity contribution in [2.45, 2.75) is 41.5 Å². The number of benzene rings is 5. The molecule has 0 unspecified atom stereocenters. The number of rotatable bonds is 7. The summed E-state index contributed by atoms with van der Waals surface area (Å²) < 4.78 is 0. The van der Waals surface area contributed by atoms with Crippen molar-refractivity contribution in [1.29, 1.82) is 0 Å². The zero-order chi connectivity index (χ0) is 30.8. The highest BCUT2D eigenvalue weighted by Gasteiger charge is 2.29. The second-order valence-corrected chi connectivity index (χ2v) is 11.9. The molecule has 4 heteroatoms. The Bertz CT molecular complexity index is 1810. The Morgan fingerprint density at radius 3 is 1.66 bits per heavy atom. The monoisotopic (exact) mass is 571 g/mol. The average molecular weight is 572 g/mol. The maximum absolute atomic E-state index is 4.75. The largest absolute Gasteiger partial charge is 0.293 e. The van der Waals surface area contributed by atoms with Crippen LogP contribution in [0.25, 0.3) is 11.1 Å². The lowest BCUT2D eigenvalue weighted by Crippen LogP contribution is -2.55. The molecule has 0 aliphatic rings. The van der Waals surface area contributed by atoms with E-state index in [-0.39, 0.29) is 6.71 Å². The van der Waals surface area contributed by atoms with Gasteiger partial charge >= 0.3 is 0 Å². The predicted octanol–water partition coefficient (Wildman–Crippen LogP) is 7.98. The van der Waals surface area contributed by atoms with Crippen LogP contribution in [-0.4, -0.2) is 16.7 Å². The van der Waals surface area contributed by atoms with Crippen LogP contribution in [0, 0.1) is 41.5 Å². The van der Waals surface area contributed by atoms with Crippen molar-refractivity contribution in [3.05, 3.63) is 155 Å². The molecule has 0 N–H and O–H groups in total. The van der Waals surface area contributed by atoms with Crippen LogP contribution in [0.2, 0.25) is 0 Å². The van der Waals surface area contributed by atoms with E-state index < -0.39 is 0 Å². The Morgan fingerprint density at radius 2 is 1.11 bits per heavy atom. The van der Waals surface area contributed by atoms with Crippen LogP contribution in [0.4, 0.5) is 17.2 Å². The quantitative estimate of drug-likeness (QED) is 0.182. The van der Waals surface area contributed by atoms with Crippen LogP contribution in [0.1, 0.15) is 33.4 Å². The fourth-order valence-electron chi connectivity index (χ4n) is 6.92. The maximum atomic E-state index is 4.75. The van der Waals surface area contributed by atoms with Crippen LogP contribution < -0.4 is 21.3 Å². The minimum Gasteiger partial charge on any atom is -0.293 e. The van der Waals surface area contributed by atoms with Crippen LogP contribution in [0.3, 0.4) is 0 Å². The Kier molecular flexibility index (Phi) is 8.17. The standard InChI is InChI=1S/C40H38BN3/c1-27-22-29(3)39(30(4)23-27)41(40-31(5)24-28(2)25-32(40)6)34-16-18-35(19-17-34)44(38-26-42-20-21-43-38)37-15-11-10-14-36(37)33-12-8-7-9-13-33/h7-26H,1-6H3. The van der Waals surface area contributed by atoms with Gasteiger partial charge in [-0.3, -0.25) is 9.88 Å². The molecule has 6 rings (SSSR count). The zero-order valence-corrected chi connectivity index (χ0v) is 26.5. The highest BCUT2D eigenvalue weighted by Crippen LogP contribution is 2.39. The summed E-state index contributed by atoms with van der Waals surface area (Å²) in [6.45, 7) is 13.5. The molecule has 5 aromatic carbocycles. The molecule has 0 radical (unpaired) electrons. The van der Waals surface area contributed by atoms with Crippen LogP contribution in [0.5, 0.6) is 0 Å². The maximum Gasteiger partial charge on any atom is 0.242 e. The average Bonchev–Trinajstić information content (AvgIpc) is 3.01. The third kappa shape index (κ3) is 5.68. The Labute approximate surface area is 262 Å². The number of hydrogen-bond donors (Lipinski definition) is 0. The van der Waals surface area contributed by atoms with Crippen molar-refractivity contribution in [3.63, 3.8) is 0 Å². The topological polar surface area (TPSA) is 29.0 Å². The summed E-state index contributed by atoms with van der Waals surface area (Å²) in [6, 6.07) is 37.4. The smallest absolute Gasteiger partial charge is 0.242 e. The van der Waals surface area contributed by atoms with E-state index in [2.05, 4.69) is 155 Å². The normalized spacial score (nSPS) is 11.0. The first-order valence-electron chi connectivity index (χ1n) is 15.3. The second kappa shape index (κ2) is 12.3. The molecule has 0 saturated heterocycles. The van der Waals surface area contributed by atoms with Crippen LogP contribution >= 0.6 is 0 Å². The van der Waals surface area contributed by atoms with Crippen LogP contribution in [-0.2, 0) is 0 Å². The molecule has 0 aliphatic carbocycles. The molecule has 0 aliphatic heterocycles. The molecule has 6 aromatic rings.